The van der Waals surface area contributed by atoms with Crippen molar-refractivity contribution in [1.29, 1.82) is 0 Å². The normalized spacial score (nSPS) is 16.4. The number of methoxy groups -OCH3 is 1. The third kappa shape index (κ3) is 2.39. The predicted molar refractivity (Wildman–Crippen MR) is 91.9 cm³/mol. The van der Waals surface area contributed by atoms with Crippen LogP contribution in [0.25, 0.3) is 0 Å². The van der Waals surface area contributed by atoms with E-state index in [4.69, 9.17) is 4.74 Å². The van der Waals surface area contributed by atoms with Crippen LogP contribution in [0.4, 0.5) is 0 Å². The first-order valence-corrected chi connectivity index (χ1v) is 10.0. The summed E-state index contributed by atoms with van der Waals surface area (Å²) in [7, 11) is 1.35. The molecule has 0 aromatic heterocycles. The van der Waals surface area contributed by atoms with Crippen molar-refractivity contribution in [3.05, 3.63) is 67.3 Å². The number of amides is 1. The summed E-state index contributed by atoms with van der Waals surface area (Å²) < 4.78 is 8.83. The fourth-order valence-electron chi connectivity index (χ4n) is 2.42. The zero-order chi connectivity index (χ0) is 15.7. The summed E-state index contributed by atoms with van der Waals surface area (Å²) in [5.41, 5.74) is 0.715. The van der Waals surface area contributed by atoms with E-state index in [2.05, 4.69) is 0 Å². The summed E-state index contributed by atoms with van der Waals surface area (Å²) in [4.78, 5) is 24.8. The summed E-state index contributed by atoms with van der Waals surface area (Å²) in [5, 5.41) is 0. The zero-order valence-electron chi connectivity index (χ0n) is 12.3. The number of benzene rings is 2. The number of halogens is 1. The number of esters is 1. The molecule has 1 amide bonds. The molecule has 0 bridgehead atoms. The fraction of sp³-hybridized carbons (Fsp3) is 0.176. The molecule has 2 aromatic carbocycles. The molecule has 5 heteroatoms. The Morgan fingerprint density at radius 1 is 1.09 bits per heavy atom. The van der Waals surface area contributed by atoms with Crippen molar-refractivity contribution in [2.24, 2.45) is 0 Å². The number of carbonyl (C=O) groups is 2. The van der Waals surface area contributed by atoms with Gasteiger partial charge in [0, 0.05) is 0 Å². The Kier molecular flexibility index (Phi) is 4.15. The minimum absolute atomic E-state index is 0.0671. The molecule has 0 radical (unpaired) electrons. The van der Waals surface area contributed by atoms with Gasteiger partial charge in [-0.3, -0.25) is 0 Å². The Bertz CT molecular complexity index is 717. The number of rotatable bonds is 3. The van der Waals surface area contributed by atoms with Crippen molar-refractivity contribution >= 4 is 32.0 Å². The molecule has 22 heavy (non-hydrogen) atoms. The van der Waals surface area contributed by atoms with Crippen LogP contribution >= 0.6 is 20.1 Å². The van der Waals surface area contributed by atoms with Gasteiger partial charge in [-0.15, -0.1) is 0 Å². The van der Waals surface area contributed by atoms with Crippen LogP contribution in [0, 0.1) is 7.14 Å². The Hall–Kier alpha value is -1.89. The third-order valence-electron chi connectivity index (χ3n) is 3.50. The Morgan fingerprint density at radius 2 is 1.73 bits per heavy atom. The standard InChI is InChI=1S/C17H16INO3/c1-12(17(21)22-2)19-16(20)14-10-6-7-11-15(14)18(19)13-8-4-3-5-9-13/h3-12H,1-2H3. The SMILES string of the molecule is COC(=O)C(C)N1C(=O)c2ccccc2I1c1ccccc1. The minimum atomic E-state index is -2.17. The zero-order valence-corrected chi connectivity index (χ0v) is 14.5. The molecule has 1 aliphatic rings. The first kappa shape index (κ1) is 15.0. The topological polar surface area (TPSA) is 46.6 Å². The predicted octanol–water partition coefficient (Wildman–Crippen LogP) is 3.16. The molecule has 1 heterocycles. The third-order valence-corrected chi connectivity index (χ3v) is 9.75. The van der Waals surface area contributed by atoms with E-state index in [-0.39, 0.29) is 11.9 Å². The molecule has 1 unspecified atom stereocenters. The van der Waals surface area contributed by atoms with Gasteiger partial charge in [-0.25, -0.2) is 0 Å². The molecule has 0 fully saturated rings. The van der Waals surface area contributed by atoms with Gasteiger partial charge in [0.25, 0.3) is 0 Å². The monoisotopic (exact) mass is 409 g/mol. The maximum absolute atomic E-state index is 12.8. The molecule has 114 valence electrons. The molecule has 1 atom stereocenters. The second kappa shape index (κ2) is 6.08. The van der Waals surface area contributed by atoms with Crippen LogP contribution in [0.15, 0.2) is 54.6 Å². The van der Waals surface area contributed by atoms with Crippen molar-refractivity contribution in [3.63, 3.8) is 0 Å². The van der Waals surface area contributed by atoms with Gasteiger partial charge in [-0.2, -0.15) is 0 Å². The van der Waals surface area contributed by atoms with Crippen molar-refractivity contribution < 1.29 is 14.3 Å². The molecule has 3 rings (SSSR count). The molecule has 0 saturated carbocycles. The molecule has 4 nitrogen and oxygen atoms in total. The molecule has 2 aromatic rings. The van der Waals surface area contributed by atoms with Crippen molar-refractivity contribution in [2.45, 2.75) is 13.0 Å². The first-order valence-electron chi connectivity index (χ1n) is 6.90. The summed E-state index contributed by atoms with van der Waals surface area (Å²) in [6.45, 7) is 1.74. The fourth-order valence-corrected chi connectivity index (χ4v) is 8.62. The molecular formula is C17H16INO3. The number of nitrogens with zero attached hydrogens (tertiary/aromatic N) is 1. The Labute approximate surface area is 136 Å². The number of carbonyl (C=O) groups excluding carboxylic acids is 2. The molecular weight excluding hydrogens is 393 g/mol. The van der Waals surface area contributed by atoms with E-state index in [0.29, 0.717) is 5.56 Å². The van der Waals surface area contributed by atoms with E-state index in [9.17, 15) is 9.59 Å². The van der Waals surface area contributed by atoms with Crippen LogP contribution in [0.3, 0.4) is 0 Å². The Morgan fingerprint density at radius 3 is 2.41 bits per heavy atom. The second-order valence-electron chi connectivity index (χ2n) is 4.85. The van der Waals surface area contributed by atoms with E-state index >= 15 is 0 Å². The van der Waals surface area contributed by atoms with E-state index in [1.807, 2.05) is 54.6 Å². The molecule has 1 aliphatic heterocycles. The van der Waals surface area contributed by atoms with Crippen LogP contribution in [0.1, 0.15) is 17.3 Å². The van der Waals surface area contributed by atoms with Crippen LogP contribution in [-0.2, 0) is 9.53 Å². The van der Waals surface area contributed by atoms with Crippen LogP contribution in [0.5, 0.6) is 0 Å². The number of ether oxygens (including phenoxy) is 1. The van der Waals surface area contributed by atoms with Gasteiger partial charge >= 0.3 is 137 Å². The van der Waals surface area contributed by atoms with Gasteiger partial charge in [0.2, 0.25) is 0 Å². The van der Waals surface area contributed by atoms with E-state index in [0.717, 1.165) is 7.14 Å². The van der Waals surface area contributed by atoms with Gasteiger partial charge in [0.15, 0.2) is 0 Å². The summed E-state index contributed by atoms with van der Waals surface area (Å²) in [6.07, 6.45) is 0. The van der Waals surface area contributed by atoms with Gasteiger partial charge in [0.1, 0.15) is 0 Å². The summed E-state index contributed by atoms with van der Waals surface area (Å²) >= 11 is -2.17. The average molecular weight is 409 g/mol. The van der Waals surface area contributed by atoms with Crippen LogP contribution in [-0.4, -0.2) is 28.1 Å². The van der Waals surface area contributed by atoms with Gasteiger partial charge in [-0.05, 0) is 0 Å². The summed E-state index contributed by atoms with van der Waals surface area (Å²) in [5.74, 6) is -0.443. The molecule has 0 aliphatic carbocycles. The second-order valence-corrected chi connectivity index (χ2v) is 9.81. The quantitative estimate of drug-likeness (QED) is 0.445. The van der Waals surface area contributed by atoms with Crippen molar-refractivity contribution in [2.75, 3.05) is 7.11 Å². The average Bonchev–Trinajstić information content (AvgIpc) is 2.87. The Balaban J connectivity index is 2.12. The van der Waals surface area contributed by atoms with E-state index in [1.54, 1.807) is 10.0 Å². The molecule has 0 N–H and O–H groups in total. The van der Waals surface area contributed by atoms with E-state index in [1.165, 1.54) is 7.11 Å². The van der Waals surface area contributed by atoms with Gasteiger partial charge < -0.3 is 0 Å². The molecule has 0 spiro atoms. The molecule has 0 saturated heterocycles. The van der Waals surface area contributed by atoms with Crippen molar-refractivity contribution in [3.8, 4) is 0 Å². The van der Waals surface area contributed by atoms with Gasteiger partial charge in [0.05, 0.1) is 0 Å². The van der Waals surface area contributed by atoms with Gasteiger partial charge in [-0.1, -0.05) is 0 Å². The van der Waals surface area contributed by atoms with Crippen LogP contribution < -0.4 is 0 Å². The van der Waals surface area contributed by atoms with Crippen molar-refractivity contribution in [1.82, 2.24) is 3.11 Å². The number of fused-ring (bicyclic) bond motifs is 1. The summed E-state index contributed by atoms with van der Waals surface area (Å²) in [6, 6.07) is 17.1. The number of hydrogen-bond acceptors (Lipinski definition) is 3. The maximum atomic E-state index is 12.8. The number of hydrogen-bond donors (Lipinski definition) is 0. The van der Waals surface area contributed by atoms with Crippen LogP contribution in [0.2, 0.25) is 0 Å². The van der Waals surface area contributed by atoms with E-state index < -0.39 is 26.1 Å². The first-order chi connectivity index (χ1) is 10.6.